The van der Waals surface area contributed by atoms with Crippen molar-refractivity contribution in [3.8, 4) is 5.75 Å². The van der Waals surface area contributed by atoms with Crippen molar-refractivity contribution in [3.05, 3.63) is 23.2 Å². The van der Waals surface area contributed by atoms with Gasteiger partial charge in [0.1, 0.15) is 5.75 Å². The molecule has 0 radical (unpaired) electrons. The standard InChI is InChI=1S/C16H20ClNO3/c17-13-3-4-15(21-10-12-5-6-20-9-12)14(8-13)18-16(19)7-11-1-2-11/h3-4,8,11-12H,1-2,5-7,9-10H2,(H,18,19). The number of benzene rings is 1. The first-order chi connectivity index (χ1) is 10.2. The fourth-order valence-electron chi connectivity index (χ4n) is 2.43. The Morgan fingerprint density at radius 2 is 2.19 bits per heavy atom. The molecular weight excluding hydrogens is 290 g/mol. The van der Waals surface area contributed by atoms with Gasteiger partial charge in [-0.15, -0.1) is 0 Å². The topological polar surface area (TPSA) is 47.6 Å². The average molecular weight is 310 g/mol. The molecule has 3 rings (SSSR count). The Morgan fingerprint density at radius 1 is 1.33 bits per heavy atom. The van der Waals surface area contributed by atoms with E-state index in [0.717, 1.165) is 32.5 Å². The summed E-state index contributed by atoms with van der Waals surface area (Å²) in [5.41, 5.74) is 0.659. The fraction of sp³-hybridized carbons (Fsp3) is 0.562. The van der Waals surface area contributed by atoms with Crippen molar-refractivity contribution in [2.24, 2.45) is 11.8 Å². The van der Waals surface area contributed by atoms with Crippen molar-refractivity contribution in [1.29, 1.82) is 0 Å². The molecule has 1 unspecified atom stereocenters. The molecule has 4 nitrogen and oxygen atoms in total. The van der Waals surface area contributed by atoms with Crippen LogP contribution in [0.25, 0.3) is 0 Å². The highest BCUT2D eigenvalue weighted by atomic mass is 35.5. The van der Waals surface area contributed by atoms with E-state index in [2.05, 4.69) is 5.32 Å². The number of halogens is 1. The molecule has 1 N–H and O–H groups in total. The van der Waals surface area contributed by atoms with E-state index in [1.807, 2.05) is 6.07 Å². The zero-order valence-corrected chi connectivity index (χ0v) is 12.7. The lowest BCUT2D eigenvalue weighted by molar-refractivity contribution is -0.116. The van der Waals surface area contributed by atoms with E-state index >= 15 is 0 Å². The molecule has 1 heterocycles. The largest absolute Gasteiger partial charge is 0.491 e. The number of hydrogen-bond donors (Lipinski definition) is 1. The van der Waals surface area contributed by atoms with Gasteiger partial charge in [0.25, 0.3) is 0 Å². The minimum absolute atomic E-state index is 0.0359. The van der Waals surface area contributed by atoms with Crippen molar-refractivity contribution in [2.75, 3.05) is 25.1 Å². The van der Waals surface area contributed by atoms with E-state index in [4.69, 9.17) is 21.1 Å². The van der Waals surface area contributed by atoms with Gasteiger partial charge in [0.2, 0.25) is 5.91 Å². The lowest BCUT2D eigenvalue weighted by atomic mass is 10.1. The maximum atomic E-state index is 12.0. The van der Waals surface area contributed by atoms with Crippen LogP contribution < -0.4 is 10.1 Å². The van der Waals surface area contributed by atoms with Gasteiger partial charge in [-0.1, -0.05) is 11.6 Å². The number of hydrogen-bond acceptors (Lipinski definition) is 3. The molecule has 21 heavy (non-hydrogen) atoms. The molecule has 2 aliphatic rings. The van der Waals surface area contributed by atoms with Gasteiger partial charge in [0.15, 0.2) is 0 Å². The van der Waals surface area contributed by atoms with Crippen LogP contribution in [0.4, 0.5) is 5.69 Å². The summed E-state index contributed by atoms with van der Waals surface area (Å²) in [5.74, 6) is 1.70. The predicted molar refractivity (Wildman–Crippen MR) is 81.8 cm³/mol. The quantitative estimate of drug-likeness (QED) is 0.875. The van der Waals surface area contributed by atoms with Crippen LogP contribution in [-0.2, 0) is 9.53 Å². The van der Waals surface area contributed by atoms with Crippen LogP contribution in [0.5, 0.6) is 5.75 Å². The number of carbonyl (C=O) groups is 1. The minimum atomic E-state index is 0.0359. The number of carbonyl (C=O) groups excluding carboxylic acids is 1. The third-order valence-electron chi connectivity index (χ3n) is 3.89. The van der Waals surface area contributed by atoms with Gasteiger partial charge in [-0.3, -0.25) is 4.79 Å². The molecule has 1 aromatic carbocycles. The summed E-state index contributed by atoms with van der Waals surface area (Å²) >= 11 is 6.02. The van der Waals surface area contributed by atoms with Crippen molar-refractivity contribution in [2.45, 2.75) is 25.7 Å². The van der Waals surface area contributed by atoms with Gasteiger partial charge in [0.05, 0.1) is 18.9 Å². The van der Waals surface area contributed by atoms with Crippen LogP contribution in [0, 0.1) is 11.8 Å². The predicted octanol–water partition coefficient (Wildman–Crippen LogP) is 3.49. The second-order valence-electron chi connectivity index (χ2n) is 5.88. The Hall–Kier alpha value is -1.26. The molecule has 1 atom stereocenters. The van der Waals surface area contributed by atoms with E-state index in [-0.39, 0.29) is 5.91 Å². The summed E-state index contributed by atoms with van der Waals surface area (Å²) in [4.78, 5) is 12.0. The summed E-state index contributed by atoms with van der Waals surface area (Å²) in [6.07, 6.45) is 3.93. The maximum absolute atomic E-state index is 12.0. The summed E-state index contributed by atoms with van der Waals surface area (Å²) in [7, 11) is 0. The molecule has 1 saturated heterocycles. The molecule has 0 spiro atoms. The average Bonchev–Trinajstić information content (AvgIpc) is 3.10. The summed E-state index contributed by atoms with van der Waals surface area (Å²) in [6.45, 7) is 2.16. The third-order valence-corrected chi connectivity index (χ3v) is 4.12. The molecule has 5 heteroatoms. The van der Waals surface area contributed by atoms with Gasteiger partial charge in [-0.05, 0) is 43.4 Å². The highest BCUT2D eigenvalue weighted by molar-refractivity contribution is 6.31. The molecule has 1 aliphatic carbocycles. The zero-order valence-electron chi connectivity index (χ0n) is 11.9. The van der Waals surface area contributed by atoms with E-state index in [1.54, 1.807) is 12.1 Å². The van der Waals surface area contributed by atoms with Gasteiger partial charge < -0.3 is 14.8 Å². The number of anilines is 1. The Bertz CT molecular complexity index is 510. The van der Waals surface area contributed by atoms with Crippen LogP contribution >= 0.6 is 11.6 Å². The fourth-order valence-corrected chi connectivity index (χ4v) is 2.61. The van der Waals surface area contributed by atoms with Crippen molar-refractivity contribution >= 4 is 23.2 Å². The normalized spacial score (nSPS) is 21.3. The summed E-state index contributed by atoms with van der Waals surface area (Å²) in [6, 6.07) is 5.33. The molecular formula is C16H20ClNO3. The van der Waals surface area contributed by atoms with E-state index < -0.39 is 0 Å². The Kier molecular flexibility index (Phi) is 4.66. The second-order valence-corrected chi connectivity index (χ2v) is 6.31. The van der Waals surface area contributed by atoms with Gasteiger partial charge in [-0.2, -0.15) is 0 Å². The summed E-state index contributed by atoms with van der Waals surface area (Å²) < 4.78 is 11.2. The zero-order chi connectivity index (χ0) is 14.7. The van der Waals surface area contributed by atoms with Crippen molar-refractivity contribution in [1.82, 2.24) is 0 Å². The van der Waals surface area contributed by atoms with E-state index in [1.165, 1.54) is 0 Å². The van der Waals surface area contributed by atoms with Gasteiger partial charge in [-0.25, -0.2) is 0 Å². The number of nitrogens with one attached hydrogen (secondary N) is 1. The highest BCUT2D eigenvalue weighted by Crippen LogP contribution is 2.34. The Labute approximate surface area is 129 Å². The smallest absolute Gasteiger partial charge is 0.224 e. The van der Waals surface area contributed by atoms with Crippen molar-refractivity contribution in [3.63, 3.8) is 0 Å². The SMILES string of the molecule is O=C(CC1CC1)Nc1cc(Cl)ccc1OCC1CCOC1. The Balaban J connectivity index is 1.61. The van der Waals surface area contributed by atoms with Crippen molar-refractivity contribution < 1.29 is 14.3 Å². The lowest BCUT2D eigenvalue weighted by Gasteiger charge is -2.15. The van der Waals surface area contributed by atoms with Crippen LogP contribution in [0.1, 0.15) is 25.7 Å². The van der Waals surface area contributed by atoms with E-state index in [0.29, 0.717) is 41.3 Å². The van der Waals surface area contributed by atoms with Gasteiger partial charge >= 0.3 is 0 Å². The molecule has 2 fully saturated rings. The second kappa shape index (κ2) is 6.67. The molecule has 1 amide bonds. The lowest BCUT2D eigenvalue weighted by Crippen LogP contribution is -2.15. The molecule has 0 aromatic heterocycles. The van der Waals surface area contributed by atoms with Crippen LogP contribution in [-0.4, -0.2) is 25.7 Å². The third kappa shape index (κ3) is 4.35. The number of amides is 1. The molecule has 1 saturated carbocycles. The van der Waals surface area contributed by atoms with E-state index in [9.17, 15) is 4.79 Å². The molecule has 1 aromatic rings. The molecule has 114 valence electrons. The summed E-state index contributed by atoms with van der Waals surface area (Å²) in [5, 5.41) is 3.51. The van der Waals surface area contributed by atoms with Crippen LogP contribution in [0.2, 0.25) is 5.02 Å². The minimum Gasteiger partial charge on any atom is -0.491 e. The molecule has 0 bridgehead atoms. The number of ether oxygens (including phenoxy) is 2. The van der Waals surface area contributed by atoms with Gasteiger partial charge in [0, 0.05) is 24.0 Å². The van der Waals surface area contributed by atoms with Crippen LogP contribution in [0.15, 0.2) is 18.2 Å². The maximum Gasteiger partial charge on any atom is 0.224 e. The first-order valence-electron chi connectivity index (χ1n) is 7.50. The first kappa shape index (κ1) is 14.7. The molecule has 1 aliphatic heterocycles. The van der Waals surface area contributed by atoms with Crippen LogP contribution in [0.3, 0.4) is 0 Å². The highest BCUT2D eigenvalue weighted by Gasteiger charge is 2.25. The Morgan fingerprint density at radius 3 is 2.90 bits per heavy atom. The number of rotatable bonds is 6. The first-order valence-corrected chi connectivity index (χ1v) is 7.88. The monoisotopic (exact) mass is 309 g/mol.